The van der Waals surface area contributed by atoms with E-state index < -0.39 is 0 Å². The Morgan fingerprint density at radius 3 is 2.67 bits per heavy atom. The molecular weight excluding hydrogens is 222 g/mol. The van der Waals surface area contributed by atoms with Crippen LogP contribution in [0, 0.1) is 12.8 Å². The van der Waals surface area contributed by atoms with Crippen molar-refractivity contribution in [3.8, 4) is 0 Å². The van der Waals surface area contributed by atoms with E-state index in [0.717, 1.165) is 17.6 Å². The van der Waals surface area contributed by atoms with Crippen LogP contribution in [0.4, 0.5) is 5.95 Å². The Morgan fingerprint density at radius 1 is 1.22 bits per heavy atom. The Hall–Kier alpha value is -0.990. The largest absolute Gasteiger partial charge is 0.353 e. The molecule has 2 atom stereocenters. The number of anilines is 1. The summed E-state index contributed by atoms with van der Waals surface area (Å²) in [7, 11) is 0. The first-order valence-corrected chi connectivity index (χ1v) is 7.54. The predicted octanol–water partition coefficient (Wildman–Crippen LogP) is 3.91. The smallest absolute Gasteiger partial charge is 0.203 e. The minimum absolute atomic E-state index is 0.641. The van der Waals surface area contributed by atoms with Crippen molar-refractivity contribution in [1.29, 1.82) is 0 Å². The summed E-state index contributed by atoms with van der Waals surface area (Å²) in [5.74, 6) is 2.00. The standard InChI is InChI=1S/C15H25N3/c1-11-7-8-13(9-11)17-15-16-12(2)10-18(15)14-5-3-4-6-14/h10-11,13-14H,3-9H2,1-2H3,(H,16,17). The van der Waals surface area contributed by atoms with E-state index in [4.69, 9.17) is 4.98 Å². The molecular formula is C15H25N3. The highest BCUT2D eigenvalue weighted by molar-refractivity contribution is 5.31. The SMILES string of the molecule is Cc1cn(C2CCCC2)c(NC2CCC(C)C2)n1. The molecule has 0 aliphatic heterocycles. The van der Waals surface area contributed by atoms with Crippen LogP contribution in [0.3, 0.4) is 0 Å². The van der Waals surface area contributed by atoms with Crippen molar-refractivity contribution in [2.45, 2.75) is 70.9 Å². The van der Waals surface area contributed by atoms with E-state index >= 15 is 0 Å². The molecule has 1 N–H and O–H groups in total. The van der Waals surface area contributed by atoms with Crippen molar-refractivity contribution in [1.82, 2.24) is 9.55 Å². The van der Waals surface area contributed by atoms with Gasteiger partial charge in [-0.3, -0.25) is 0 Å². The number of nitrogens with one attached hydrogen (secondary N) is 1. The molecule has 0 aromatic carbocycles. The van der Waals surface area contributed by atoms with Crippen LogP contribution in [0.2, 0.25) is 0 Å². The Labute approximate surface area is 110 Å². The molecule has 100 valence electrons. The summed E-state index contributed by atoms with van der Waals surface area (Å²) >= 11 is 0. The van der Waals surface area contributed by atoms with Gasteiger partial charge in [0.15, 0.2) is 0 Å². The number of rotatable bonds is 3. The highest BCUT2D eigenvalue weighted by Crippen LogP contribution is 2.33. The van der Waals surface area contributed by atoms with E-state index in [-0.39, 0.29) is 0 Å². The summed E-state index contributed by atoms with van der Waals surface area (Å²) in [4.78, 5) is 4.70. The lowest BCUT2D eigenvalue weighted by Crippen LogP contribution is -2.19. The molecule has 2 aliphatic carbocycles. The van der Waals surface area contributed by atoms with Crippen molar-refractivity contribution in [2.75, 3.05) is 5.32 Å². The van der Waals surface area contributed by atoms with Crippen LogP contribution in [0.5, 0.6) is 0 Å². The zero-order chi connectivity index (χ0) is 12.5. The van der Waals surface area contributed by atoms with E-state index in [1.165, 1.54) is 44.9 Å². The van der Waals surface area contributed by atoms with Crippen LogP contribution in [0.1, 0.15) is 63.6 Å². The van der Waals surface area contributed by atoms with Crippen molar-refractivity contribution in [2.24, 2.45) is 5.92 Å². The first-order valence-electron chi connectivity index (χ1n) is 7.54. The van der Waals surface area contributed by atoms with Gasteiger partial charge in [0.2, 0.25) is 5.95 Å². The summed E-state index contributed by atoms with van der Waals surface area (Å²) in [6, 6.07) is 1.33. The third-order valence-electron chi connectivity index (χ3n) is 4.60. The van der Waals surface area contributed by atoms with Gasteiger partial charge in [0.1, 0.15) is 0 Å². The van der Waals surface area contributed by atoms with Gasteiger partial charge in [-0.25, -0.2) is 4.98 Å². The minimum Gasteiger partial charge on any atom is -0.353 e. The van der Waals surface area contributed by atoms with E-state index in [1.807, 2.05) is 0 Å². The number of hydrogen-bond acceptors (Lipinski definition) is 2. The molecule has 3 heteroatoms. The zero-order valence-corrected chi connectivity index (χ0v) is 11.7. The highest BCUT2D eigenvalue weighted by atomic mass is 15.2. The summed E-state index contributed by atoms with van der Waals surface area (Å²) in [5, 5.41) is 3.69. The Kier molecular flexibility index (Phi) is 3.31. The number of aryl methyl sites for hydroxylation is 1. The monoisotopic (exact) mass is 247 g/mol. The maximum atomic E-state index is 4.70. The highest BCUT2D eigenvalue weighted by Gasteiger charge is 2.25. The fourth-order valence-electron chi connectivity index (χ4n) is 3.60. The lowest BCUT2D eigenvalue weighted by atomic mass is 10.1. The van der Waals surface area contributed by atoms with E-state index in [2.05, 4.69) is 29.9 Å². The van der Waals surface area contributed by atoms with Crippen molar-refractivity contribution in [3.63, 3.8) is 0 Å². The number of nitrogens with zero attached hydrogens (tertiary/aromatic N) is 2. The average Bonchev–Trinajstić information content (AvgIpc) is 3.01. The number of imidazole rings is 1. The average molecular weight is 247 g/mol. The molecule has 2 unspecified atom stereocenters. The first-order chi connectivity index (χ1) is 8.72. The second-order valence-electron chi connectivity index (χ2n) is 6.31. The molecule has 0 radical (unpaired) electrons. The maximum absolute atomic E-state index is 4.70. The van der Waals surface area contributed by atoms with Gasteiger partial charge in [0, 0.05) is 18.3 Å². The van der Waals surface area contributed by atoms with Gasteiger partial charge in [-0.15, -0.1) is 0 Å². The quantitative estimate of drug-likeness (QED) is 0.877. The van der Waals surface area contributed by atoms with Gasteiger partial charge in [0.25, 0.3) is 0 Å². The fraction of sp³-hybridized carbons (Fsp3) is 0.800. The van der Waals surface area contributed by atoms with Crippen LogP contribution in [-0.4, -0.2) is 15.6 Å². The Morgan fingerprint density at radius 2 is 2.00 bits per heavy atom. The molecule has 1 aromatic heterocycles. The summed E-state index contributed by atoms with van der Waals surface area (Å²) < 4.78 is 2.41. The topological polar surface area (TPSA) is 29.9 Å². The zero-order valence-electron chi connectivity index (χ0n) is 11.7. The third-order valence-corrected chi connectivity index (χ3v) is 4.60. The normalized spacial score (nSPS) is 29.0. The van der Waals surface area contributed by atoms with Crippen molar-refractivity contribution in [3.05, 3.63) is 11.9 Å². The van der Waals surface area contributed by atoms with E-state index in [1.54, 1.807) is 0 Å². The molecule has 2 aliphatic rings. The van der Waals surface area contributed by atoms with Crippen LogP contribution in [-0.2, 0) is 0 Å². The molecule has 3 rings (SSSR count). The Balaban J connectivity index is 1.74. The molecule has 1 aromatic rings. The summed E-state index contributed by atoms with van der Waals surface area (Å²) in [6.45, 7) is 4.46. The lowest BCUT2D eigenvalue weighted by Gasteiger charge is -2.18. The molecule has 0 bridgehead atoms. The number of hydrogen-bond donors (Lipinski definition) is 1. The molecule has 18 heavy (non-hydrogen) atoms. The summed E-state index contributed by atoms with van der Waals surface area (Å²) in [6.07, 6.45) is 11.6. The predicted molar refractivity (Wildman–Crippen MR) is 74.9 cm³/mol. The third kappa shape index (κ3) is 2.40. The van der Waals surface area contributed by atoms with Gasteiger partial charge >= 0.3 is 0 Å². The lowest BCUT2D eigenvalue weighted by molar-refractivity contribution is 0.518. The molecule has 0 amide bonds. The second kappa shape index (κ2) is 4.94. The van der Waals surface area contributed by atoms with Crippen LogP contribution in [0.25, 0.3) is 0 Å². The Bertz CT molecular complexity index is 404. The maximum Gasteiger partial charge on any atom is 0.203 e. The van der Waals surface area contributed by atoms with Gasteiger partial charge in [-0.2, -0.15) is 0 Å². The first kappa shape index (κ1) is 12.1. The molecule has 2 saturated carbocycles. The summed E-state index contributed by atoms with van der Waals surface area (Å²) in [5.41, 5.74) is 1.15. The van der Waals surface area contributed by atoms with Crippen molar-refractivity contribution < 1.29 is 0 Å². The molecule has 0 spiro atoms. The molecule has 1 heterocycles. The van der Waals surface area contributed by atoms with E-state index in [9.17, 15) is 0 Å². The van der Waals surface area contributed by atoms with E-state index in [0.29, 0.717) is 12.1 Å². The molecule has 0 saturated heterocycles. The van der Waals surface area contributed by atoms with Crippen LogP contribution in [0.15, 0.2) is 6.20 Å². The second-order valence-corrected chi connectivity index (χ2v) is 6.31. The van der Waals surface area contributed by atoms with Gasteiger partial charge in [-0.1, -0.05) is 19.8 Å². The van der Waals surface area contributed by atoms with Gasteiger partial charge in [-0.05, 0) is 44.9 Å². The van der Waals surface area contributed by atoms with Crippen LogP contribution >= 0.6 is 0 Å². The molecule has 3 nitrogen and oxygen atoms in total. The van der Waals surface area contributed by atoms with Gasteiger partial charge < -0.3 is 9.88 Å². The fourth-order valence-corrected chi connectivity index (χ4v) is 3.60. The number of aromatic nitrogens is 2. The minimum atomic E-state index is 0.641. The molecule has 2 fully saturated rings. The van der Waals surface area contributed by atoms with Crippen LogP contribution < -0.4 is 5.32 Å². The van der Waals surface area contributed by atoms with Crippen molar-refractivity contribution >= 4 is 5.95 Å². The van der Waals surface area contributed by atoms with Gasteiger partial charge in [0.05, 0.1) is 5.69 Å².